The van der Waals surface area contributed by atoms with Gasteiger partial charge in [0.15, 0.2) is 0 Å². The van der Waals surface area contributed by atoms with E-state index in [0.717, 1.165) is 38.8 Å². The fourth-order valence-electron chi connectivity index (χ4n) is 3.45. The second-order valence-corrected chi connectivity index (χ2v) is 6.71. The van der Waals surface area contributed by atoms with E-state index in [2.05, 4.69) is 17.4 Å². The predicted molar refractivity (Wildman–Crippen MR) is 91.4 cm³/mol. The molecule has 2 aliphatic rings. The van der Waals surface area contributed by atoms with Crippen molar-refractivity contribution < 1.29 is 14.3 Å². The number of carbonyl (C=O) groups is 2. The highest BCUT2D eigenvalue weighted by Gasteiger charge is 2.34. The van der Waals surface area contributed by atoms with Crippen LogP contribution in [0.25, 0.3) is 0 Å². The first-order valence-corrected chi connectivity index (χ1v) is 8.93. The zero-order valence-electron chi connectivity index (χ0n) is 14.1. The molecule has 2 atom stereocenters. The molecule has 0 spiro atoms. The maximum absolute atomic E-state index is 12.2. The molecule has 0 bridgehead atoms. The van der Waals surface area contributed by atoms with Crippen LogP contribution in [-0.2, 0) is 20.7 Å². The third kappa shape index (κ3) is 4.57. The molecular formula is C19H26N2O3. The Hall–Kier alpha value is -1.88. The van der Waals surface area contributed by atoms with Gasteiger partial charge in [0.1, 0.15) is 0 Å². The lowest BCUT2D eigenvalue weighted by atomic mass is 10.1. The molecule has 2 amide bonds. The second-order valence-electron chi connectivity index (χ2n) is 6.71. The Kier molecular flexibility index (Phi) is 5.86. The summed E-state index contributed by atoms with van der Waals surface area (Å²) in [5.41, 5.74) is 1.29. The molecule has 1 aromatic rings. The van der Waals surface area contributed by atoms with Gasteiger partial charge in [-0.15, -0.1) is 0 Å². The summed E-state index contributed by atoms with van der Waals surface area (Å²) in [7, 11) is 0. The highest BCUT2D eigenvalue weighted by molar-refractivity contribution is 5.89. The average molecular weight is 330 g/mol. The Bertz CT molecular complexity index is 555. The number of ether oxygens (including phenoxy) is 1. The first kappa shape index (κ1) is 17.0. The van der Waals surface area contributed by atoms with Crippen molar-refractivity contribution >= 4 is 11.8 Å². The number of carbonyl (C=O) groups excluding carboxylic acids is 2. The normalized spacial score (nSPS) is 23.7. The van der Waals surface area contributed by atoms with Gasteiger partial charge in [0.2, 0.25) is 11.8 Å². The molecule has 1 N–H and O–H groups in total. The first-order chi connectivity index (χ1) is 11.7. The van der Waals surface area contributed by atoms with E-state index >= 15 is 0 Å². The summed E-state index contributed by atoms with van der Waals surface area (Å²) in [6.45, 7) is 2.63. The smallest absolute Gasteiger partial charge is 0.225 e. The molecule has 5 heteroatoms. The second kappa shape index (κ2) is 8.29. The van der Waals surface area contributed by atoms with Gasteiger partial charge in [-0.1, -0.05) is 30.3 Å². The molecule has 3 rings (SSSR count). The van der Waals surface area contributed by atoms with E-state index in [1.54, 1.807) is 0 Å². The van der Waals surface area contributed by atoms with Crippen LogP contribution in [0.4, 0.5) is 0 Å². The summed E-state index contributed by atoms with van der Waals surface area (Å²) in [5.74, 6) is -0.125. The van der Waals surface area contributed by atoms with Crippen LogP contribution in [0.1, 0.15) is 31.2 Å². The third-order valence-corrected chi connectivity index (χ3v) is 4.85. The molecule has 0 aromatic heterocycles. The Morgan fingerprint density at radius 3 is 2.88 bits per heavy atom. The average Bonchev–Trinajstić information content (AvgIpc) is 3.24. The molecule has 2 saturated heterocycles. The van der Waals surface area contributed by atoms with Gasteiger partial charge in [-0.3, -0.25) is 9.59 Å². The van der Waals surface area contributed by atoms with Crippen LogP contribution >= 0.6 is 0 Å². The van der Waals surface area contributed by atoms with E-state index < -0.39 is 0 Å². The van der Waals surface area contributed by atoms with E-state index in [-0.39, 0.29) is 23.8 Å². The zero-order chi connectivity index (χ0) is 16.8. The Morgan fingerprint density at radius 2 is 2.12 bits per heavy atom. The lowest BCUT2D eigenvalue weighted by Gasteiger charge is -2.17. The van der Waals surface area contributed by atoms with Gasteiger partial charge in [0.25, 0.3) is 0 Å². The molecule has 2 aliphatic heterocycles. The highest BCUT2D eigenvalue weighted by Crippen LogP contribution is 2.19. The number of aryl methyl sites for hydroxylation is 1. The maximum atomic E-state index is 12.2. The quantitative estimate of drug-likeness (QED) is 0.829. The predicted octanol–water partition coefficient (Wildman–Crippen LogP) is 1.76. The van der Waals surface area contributed by atoms with Crippen molar-refractivity contribution in [2.75, 3.05) is 26.2 Å². The number of nitrogens with zero attached hydrogens (tertiary/aromatic N) is 1. The van der Waals surface area contributed by atoms with Gasteiger partial charge in [0.05, 0.1) is 12.0 Å². The van der Waals surface area contributed by atoms with Crippen LogP contribution < -0.4 is 5.32 Å². The van der Waals surface area contributed by atoms with Crippen LogP contribution in [-0.4, -0.2) is 49.1 Å². The molecule has 0 aliphatic carbocycles. The molecule has 5 nitrogen and oxygen atoms in total. The molecule has 1 aromatic carbocycles. The van der Waals surface area contributed by atoms with Crippen molar-refractivity contribution in [3.63, 3.8) is 0 Å². The Labute approximate surface area is 143 Å². The molecule has 24 heavy (non-hydrogen) atoms. The zero-order valence-corrected chi connectivity index (χ0v) is 14.1. The highest BCUT2D eigenvalue weighted by atomic mass is 16.5. The molecule has 0 saturated carbocycles. The number of likely N-dealkylation sites (tertiary alicyclic amines) is 1. The van der Waals surface area contributed by atoms with E-state index in [0.29, 0.717) is 19.5 Å². The van der Waals surface area contributed by atoms with Crippen LogP contribution in [0.2, 0.25) is 0 Å². The third-order valence-electron chi connectivity index (χ3n) is 4.85. The topological polar surface area (TPSA) is 58.6 Å². The SMILES string of the molecule is O=C(NCC1CCCO1)C1CC(=O)N(CCCc2ccccc2)C1. The molecule has 2 unspecified atom stereocenters. The van der Waals surface area contributed by atoms with Gasteiger partial charge in [-0.05, 0) is 31.2 Å². The minimum Gasteiger partial charge on any atom is -0.376 e. The van der Waals surface area contributed by atoms with E-state index in [9.17, 15) is 9.59 Å². The van der Waals surface area contributed by atoms with Crippen LogP contribution in [0.5, 0.6) is 0 Å². The van der Waals surface area contributed by atoms with E-state index in [4.69, 9.17) is 4.74 Å². The summed E-state index contributed by atoms with van der Waals surface area (Å²) < 4.78 is 5.51. The molecule has 0 radical (unpaired) electrons. The van der Waals surface area contributed by atoms with Gasteiger partial charge in [0, 0.05) is 32.7 Å². The van der Waals surface area contributed by atoms with Gasteiger partial charge >= 0.3 is 0 Å². The maximum Gasteiger partial charge on any atom is 0.225 e. The van der Waals surface area contributed by atoms with Gasteiger partial charge < -0.3 is 15.0 Å². The largest absolute Gasteiger partial charge is 0.376 e. The molecular weight excluding hydrogens is 304 g/mol. The number of hydrogen-bond donors (Lipinski definition) is 1. The first-order valence-electron chi connectivity index (χ1n) is 8.93. The van der Waals surface area contributed by atoms with Crippen molar-refractivity contribution in [2.45, 2.75) is 38.2 Å². The van der Waals surface area contributed by atoms with Crippen molar-refractivity contribution in [1.29, 1.82) is 0 Å². The summed E-state index contributed by atoms with van der Waals surface area (Å²) in [6.07, 6.45) is 4.45. The molecule has 2 heterocycles. The van der Waals surface area contributed by atoms with Gasteiger partial charge in [-0.2, -0.15) is 0 Å². The lowest BCUT2D eigenvalue weighted by molar-refractivity contribution is -0.129. The summed E-state index contributed by atoms with van der Waals surface area (Å²) in [5, 5.41) is 2.95. The standard InChI is InChI=1S/C19H26N2O3/c22-18-12-16(19(23)20-13-17-9-5-11-24-17)14-21(18)10-4-8-15-6-2-1-3-7-15/h1-3,6-7,16-17H,4-5,8-14H2,(H,20,23). The number of amides is 2. The lowest BCUT2D eigenvalue weighted by Crippen LogP contribution is -2.37. The Balaban J connectivity index is 1.39. The fourth-order valence-corrected chi connectivity index (χ4v) is 3.45. The van der Waals surface area contributed by atoms with Crippen molar-refractivity contribution in [2.24, 2.45) is 5.92 Å². The minimum absolute atomic E-state index is 0.00981. The number of nitrogens with one attached hydrogen (secondary N) is 1. The van der Waals surface area contributed by atoms with Crippen molar-refractivity contribution in [3.05, 3.63) is 35.9 Å². The fraction of sp³-hybridized carbons (Fsp3) is 0.579. The molecule has 2 fully saturated rings. The van der Waals surface area contributed by atoms with Crippen LogP contribution in [0.3, 0.4) is 0 Å². The van der Waals surface area contributed by atoms with Crippen LogP contribution in [0, 0.1) is 5.92 Å². The van der Waals surface area contributed by atoms with Crippen molar-refractivity contribution in [1.82, 2.24) is 10.2 Å². The van der Waals surface area contributed by atoms with Crippen molar-refractivity contribution in [3.8, 4) is 0 Å². The number of rotatable bonds is 7. The van der Waals surface area contributed by atoms with E-state index in [1.165, 1.54) is 5.56 Å². The van der Waals surface area contributed by atoms with Gasteiger partial charge in [-0.25, -0.2) is 0 Å². The van der Waals surface area contributed by atoms with Crippen LogP contribution in [0.15, 0.2) is 30.3 Å². The summed E-state index contributed by atoms with van der Waals surface area (Å²) >= 11 is 0. The number of hydrogen-bond acceptors (Lipinski definition) is 3. The number of benzene rings is 1. The summed E-state index contributed by atoms with van der Waals surface area (Å²) in [4.78, 5) is 26.2. The molecule has 130 valence electrons. The monoisotopic (exact) mass is 330 g/mol. The minimum atomic E-state index is -0.212. The van der Waals surface area contributed by atoms with E-state index in [1.807, 2.05) is 23.1 Å². The Morgan fingerprint density at radius 1 is 1.29 bits per heavy atom. The summed E-state index contributed by atoms with van der Waals surface area (Å²) in [6, 6.07) is 10.3.